The number of halogens is 9. The molecule has 14 heteroatoms. The Bertz CT molecular complexity index is 2460. The van der Waals surface area contributed by atoms with Crippen LogP contribution in [-0.2, 0) is 41.6 Å². The average Bonchev–Trinajstić information content (AvgIpc) is 4.06. The van der Waals surface area contributed by atoms with Gasteiger partial charge in [0.1, 0.15) is 0 Å². The van der Waals surface area contributed by atoms with Gasteiger partial charge in [0.15, 0.2) is 0 Å². The zero-order valence-corrected chi connectivity index (χ0v) is 40.1. The molecule has 0 bridgehead atoms. The molecule has 0 saturated carbocycles. The number of aryl methyl sites for hydroxylation is 1. The smallest absolute Gasteiger partial charge is 0.358 e. The number of nitrogens with zero attached hydrogens (tertiary/aromatic N) is 2. The zero-order chi connectivity index (χ0) is 44.5. The molecule has 1 unspecified atom stereocenters. The molecule has 65 heavy (non-hydrogen) atoms. The molecule has 0 fully saturated rings. The predicted octanol–water partition coefficient (Wildman–Crippen LogP) is 16.9. The monoisotopic (exact) mass is 1030 g/mol. The molecule has 2 nitrogen and oxygen atoms in total. The van der Waals surface area contributed by atoms with Crippen LogP contribution in [0.2, 0.25) is 0 Å². The van der Waals surface area contributed by atoms with E-state index >= 15 is 0 Å². The van der Waals surface area contributed by atoms with E-state index in [4.69, 9.17) is 0 Å². The summed E-state index contributed by atoms with van der Waals surface area (Å²) in [6.45, 7) is 3.19. The molecule has 0 spiro atoms. The second-order valence-corrected chi connectivity index (χ2v) is 19.5. The molecule has 2 heterocycles. The normalized spacial score (nSPS) is 17.9. The maximum Gasteiger partial charge on any atom is 2.00 e. The largest absolute Gasteiger partial charge is 2.00 e. The van der Waals surface area contributed by atoms with Crippen LogP contribution in [-0.4, -0.2) is 14.5 Å². The van der Waals surface area contributed by atoms with Crippen molar-refractivity contribution in [2.45, 2.75) is 70.0 Å². The molecule has 0 saturated heterocycles. The predicted molar refractivity (Wildman–Crippen MR) is 250 cm³/mol. The van der Waals surface area contributed by atoms with Crippen molar-refractivity contribution in [3.63, 3.8) is 0 Å². The number of alkyl halides is 3. The maximum absolute atomic E-state index is 14.5. The Hall–Kier alpha value is -4.37. The topological polar surface area (TPSA) is 7.12 Å². The first-order valence-corrected chi connectivity index (χ1v) is 24.2. The van der Waals surface area contributed by atoms with Crippen LogP contribution in [0.4, 0.5) is 49.7 Å². The fourth-order valence-corrected chi connectivity index (χ4v) is 10.3. The molecule has 1 aliphatic heterocycles. The minimum absolute atomic E-state index is 0. The molecule has 0 N–H and O–H groups in total. The summed E-state index contributed by atoms with van der Waals surface area (Å²) < 4.78 is 108. The molecule has 1 aromatic heterocycles. The number of unbranched alkanes of at least 4 members (excludes halogenated alkanes) is 1. The Morgan fingerprint density at radius 3 is 1.97 bits per heavy atom. The van der Waals surface area contributed by atoms with E-state index in [9.17, 15) is 38.4 Å². The van der Waals surface area contributed by atoms with E-state index in [2.05, 4.69) is 132 Å². The van der Waals surface area contributed by atoms with Crippen LogP contribution in [0.15, 0.2) is 170 Å². The van der Waals surface area contributed by atoms with Gasteiger partial charge in [0.25, 0.3) is 0 Å². The molecule has 3 aliphatic rings. The van der Waals surface area contributed by atoms with E-state index in [-0.39, 0.29) is 46.4 Å². The van der Waals surface area contributed by atoms with Crippen LogP contribution >= 0.6 is 7.81 Å². The SMILES string of the molecule is C1=CCC=C1.CCCC[n+]1c(C=CC=C2N(c3ccccc3)c3ccc(C(F)(F)F)cc3C2(CCCC2C=CC=C2)Cc2ccccc2)[se]c2ccccc21.F[P-](F)(F)(F)(F)F.[CH3-].[CH3-].[Fe+2]. The number of benzene rings is 4. The molecule has 0 amide bonds. The van der Waals surface area contributed by atoms with Gasteiger partial charge in [0.05, 0.1) is 0 Å². The Kier molecular flexibility index (Phi) is 19.0. The van der Waals surface area contributed by atoms with E-state index in [1.54, 1.807) is 6.07 Å². The van der Waals surface area contributed by atoms with Crippen LogP contribution in [0.5, 0.6) is 0 Å². The minimum atomic E-state index is -10.7. The van der Waals surface area contributed by atoms with E-state index in [0.717, 1.165) is 66.8 Å². The number of hydrogen-bond donors (Lipinski definition) is 0. The first-order valence-electron chi connectivity index (χ1n) is 20.5. The molecule has 4 aromatic carbocycles. The third-order valence-electron chi connectivity index (χ3n) is 10.7. The van der Waals surface area contributed by atoms with Crippen molar-refractivity contribution < 1.29 is 60.0 Å². The quantitative estimate of drug-likeness (QED) is 0.0397. The summed E-state index contributed by atoms with van der Waals surface area (Å²) in [7, 11) is -10.7. The fourth-order valence-electron chi connectivity index (χ4n) is 7.99. The van der Waals surface area contributed by atoms with Crippen molar-refractivity contribution in [3.8, 4) is 0 Å². The number of rotatable bonds is 12. The number of allylic oxidation sites excluding steroid dienone is 11. The summed E-state index contributed by atoms with van der Waals surface area (Å²) in [6, 6.07) is 33.4. The zero-order valence-electron chi connectivity index (χ0n) is 36.4. The molecule has 2 aliphatic carbocycles. The van der Waals surface area contributed by atoms with Crippen molar-refractivity contribution in [2.24, 2.45) is 5.92 Å². The number of aromatic nitrogens is 1. The van der Waals surface area contributed by atoms with Gasteiger partial charge >= 0.3 is 350 Å². The second kappa shape index (κ2) is 22.4. The van der Waals surface area contributed by atoms with Gasteiger partial charge in [0.2, 0.25) is 0 Å². The number of fused-ring (bicyclic) bond motifs is 2. The number of para-hydroxylation sites is 2. The Morgan fingerprint density at radius 1 is 0.785 bits per heavy atom. The fraction of sp³-hybridized carbons (Fsp3) is 0.235. The van der Waals surface area contributed by atoms with E-state index < -0.39 is 25.0 Å². The average molecular weight is 1030 g/mol. The van der Waals surface area contributed by atoms with Gasteiger partial charge in [-0.2, -0.15) is 0 Å². The van der Waals surface area contributed by atoms with E-state index in [0.29, 0.717) is 18.8 Å². The Morgan fingerprint density at radius 2 is 1.38 bits per heavy atom. The van der Waals surface area contributed by atoms with Gasteiger partial charge in [-0.3, -0.25) is 0 Å². The molecule has 0 radical (unpaired) electrons. The summed E-state index contributed by atoms with van der Waals surface area (Å²) in [4.78, 5) is 2.21. The third-order valence-corrected chi connectivity index (χ3v) is 13.0. The van der Waals surface area contributed by atoms with Crippen LogP contribution < -0.4 is 9.47 Å². The van der Waals surface area contributed by atoms with Crippen LogP contribution in [0.1, 0.15) is 66.7 Å². The van der Waals surface area contributed by atoms with Gasteiger partial charge in [-0.15, -0.1) is 0 Å². The first-order chi connectivity index (χ1) is 29.3. The van der Waals surface area contributed by atoms with Gasteiger partial charge in [-0.05, 0) is 6.42 Å². The van der Waals surface area contributed by atoms with Crippen molar-refractivity contribution in [1.29, 1.82) is 0 Å². The first kappa shape index (κ1) is 55.0. The molecule has 1 atom stereocenters. The number of anilines is 2. The minimum Gasteiger partial charge on any atom is -0.358 e. The molecular formula is C51H54F9FeN2PSe. The standard InChI is InChI=1S/C44H42F3N2Se.C5H6.2CH3.F6P.Fe/c1-2-3-30-48-39-23-12-13-24-40(39)50-42(48)26-14-25-41-43(32-34-18-6-4-7-19-34,29-15-20-33-16-10-11-17-33)37-31-35(44(45,46)47)27-28-38(37)49(41)36-21-8-5-9-22-36;1-2-4-5-3-1;;;1-7(2,3,4,5)6;/h4-14,16-19,21-28,31,33H,2-3,15,20,29-30,32H2,1H3;1-4H,5H2;2*1H3;;/q+1;;3*-1;+2. The number of hydrogen-bond acceptors (Lipinski definition) is 1. The Labute approximate surface area is 394 Å². The van der Waals surface area contributed by atoms with Crippen LogP contribution in [0.3, 0.4) is 0 Å². The van der Waals surface area contributed by atoms with Crippen molar-refractivity contribution in [1.82, 2.24) is 0 Å². The molecule has 8 rings (SSSR count). The van der Waals surface area contributed by atoms with E-state index in [1.807, 2.05) is 36.4 Å². The summed E-state index contributed by atoms with van der Waals surface area (Å²) in [5.74, 6) is 0.348. The van der Waals surface area contributed by atoms with E-state index in [1.165, 1.54) is 26.5 Å². The third kappa shape index (κ3) is 15.9. The van der Waals surface area contributed by atoms with Crippen LogP contribution in [0.25, 0.3) is 15.9 Å². The summed E-state index contributed by atoms with van der Waals surface area (Å²) in [5, 5.41) is 0. The van der Waals surface area contributed by atoms with Gasteiger partial charge < -0.3 is 14.9 Å². The van der Waals surface area contributed by atoms with Crippen LogP contribution in [0, 0.1) is 20.8 Å². The summed E-state index contributed by atoms with van der Waals surface area (Å²) in [6.07, 6.45) is 25.6. The summed E-state index contributed by atoms with van der Waals surface area (Å²) >= 11 is 0.169. The Balaban J connectivity index is 0.000000657. The maximum atomic E-state index is 14.5. The molecule has 350 valence electrons. The van der Waals surface area contributed by atoms with Gasteiger partial charge in [-0.25, -0.2) is 0 Å². The molecule has 5 aromatic rings. The van der Waals surface area contributed by atoms with Crippen molar-refractivity contribution in [2.75, 3.05) is 4.90 Å². The second-order valence-electron chi connectivity index (χ2n) is 15.3. The van der Waals surface area contributed by atoms with Gasteiger partial charge in [-0.1, -0.05) is 24.3 Å². The van der Waals surface area contributed by atoms with Crippen molar-refractivity contribution in [3.05, 3.63) is 206 Å². The molecular weight excluding hydrogens is 977 g/mol. The van der Waals surface area contributed by atoms with Crippen molar-refractivity contribution >= 4 is 49.5 Å². The summed E-state index contributed by atoms with van der Waals surface area (Å²) in [5.41, 5.74) is 4.62. The van der Waals surface area contributed by atoms with Gasteiger partial charge in [0, 0.05) is 0 Å².